The Morgan fingerprint density at radius 3 is 2.64 bits per heavy atom. The molecule has 0 saturated carbocycles. The summed E-state index contributed by atoms with van der Waals surface area (Å²) in [5.41, 5.74) is 1.62. The number of nitrogens with one attached hydrogen (secondary N) is 2. The molecule has 2 N–H and O–H groups in total. The van der Waals surface area contributed by atoms with Crippen molar-refractivity contribution in [2.75, 3.05) is 39.6 Å². The van der Waals surface area contributed by atoms with Crippen molar-refractivity contribution in [2.45, 2.75) is 26.7 Å². The van der Waals surface area contributed by atoms with Crippen LogP contribution in [0.25, 0.3) is 0 Å². The van der Waals surface area contributed by atoms with Crippen LogP contribution in [0.3, 0.4) is 0 Å². The van der Waals surface area contributed by atoms with Crippen molar-refractivity contribution in [1.29, 1.82) is 0 Å². The Balaban J connectivity index is 2.72. The fourth-order valence-corrected chi connectivity index (χ4v) is 3.56. The van der Waals surface area contributed by atoms with Crippen molar-refractivity contribution >= 4 is 39.6 Å². The van der Waals surface area contributed by atoms with Crippen LogP contribution in [0, 0.1) is 6.92 Å². The van der Waals surface area contributed by atoms with Gasteiger partial charge in [0, 0.05) is 11.4 Å². The molecule has 0 bridgehead atoms. The van der Waals surface area contributed by atoms with Gasteiger partial charge in [0.05, 0.1) is 12.7 Å². The van der Waals surface area contributed by atoms with E-state index in [0.29, 0.717) is 10.7 Å². The number of aryl methyl sites for hydroxylation is 1. The Labute approximate surface area is 142 Å². The van der Waals surface area contributed by atoms with E-state index in [2.05, 4.69) is 15.5 Å². The lowest BCUT2D eigenvalue weighted by Crippen LogP contribution is -2.31. The second-order valence-corrected chi connectivity index (χ2v) is 6.86. The zero-order chi connectivity index (χ0) is 16.7. The molecule has 0 aliphatic carbocycles. The second kappa shape index (κ2) is 9.07. The summed E-state index contributed by atoms with van der Waals surface area (Å²) < 4.78 is 4.90. The van der Waals surface area contributed by atoms with Gasteiger partial charge in [-0.3, -0.25) is 0 Å². The number of methoxy groups -OCH3 is 1. The number of hydrogen-bond donors (Lipinski definition) is 2. The molecule has 7 heteroatoms. The number of carbonyl (C=O) groups excluding carboxylic acids is 1. The molecule has 0 spiro atoms. The standard InChI is InChI=1S/C15H25N3O2S2/c1-6-11-10(2)22-13(12(11)14(19)20-5)17-15(21)16-8-7-9-18(3)4/h6-9H2,1-5H3,(H2,16,17,21). The molecule has 0 amide bonds. The third kappa shape index (κ3) is 5.23. The first kappa shape index (κ1) is 18.9. The maximum absolute atomic E-state index is 12.0. The van der Waals surface area contributed by atoms with Crippen LogP contribution in [0.5, 0.6) is 0 Å². The molecule has 0 aliphatic heterocycles. The van der Waals surface area contributed by atoms with Gasteiger partial charge in [-0.2, -0.15) is 0 Å². The molecule has 1 aromatic heterocycles. The molecule has 124 valence electrons. The normalized spacial score (nSPS) is 10.6. The first-order valence-electron chi connectivity index (χ1n) is 7.30. The first-order valence-corrected chi connectivity index (χ1v) is 8.53. The van der Waals surface area contributed by atoms with Crippen LogP contribution in [0.2, 0.25) is 0 Å². The fourth-order valence-electron chi connectivity index (χ4n) is 2.16. The van der Waals surface area contributed by atoms with Gasteiger partial charge >= 0.3 is 5.97 Å². The predicted octanol–water partition coefficient (Wildman–Crippen LogP) is 2.64. The van der Waals surface area contributed by atoms with E-state index in [4.69, 9.17) is 17.0 Å². The van der Waals surface area contributed by atoms with Crippen molar-refractivity contribution in [2.24, 2.45) is 0 Å². The minimum absolute atomic E-state index is 0.320. The zero-order valence-corrected chi connectivity index (χ0v) is 15.5. The van der Waals surface area contributed by atoms with Crippen LogP contribution in [0.1, 0.15) is 34.1 Å². The number of esters is 1. The second-order valence-electron chi connectivity index (χ2n) is 5.22. The minimum Gasteiger partial charge on any atom is -0.465 e. The third-order valence-electron chi connectivity index (χ3n) is 3.25. The van der Waals surface area contributed by atoms with Gasteiger partial charge in [0.2, 0.25) is 0 Å². The van der Waals surface area contributed by atoms with E-state index in [1.165, 1.54) is 18.4 Å². The van der Waals surface area contributed by atoms with Crippen molar-refractivity contribution < 1.29 is 9.53 Å². The van der Waals surface area contributed by atoms with Gasteiger partial charge in [0.25, 0.3) is 0 Å². The third-order valence-corrected chi connectivity index (χ3v) is 4.56. The van der Waals surface area contributed by atoms with E-state index >= 15 is 0 Å². The van der Waals surface area contributed by atoms with Crippen LogP contribution >= 0.6 is 23.6 Å². The average Bonchev–Trinajstić information content (AvgIpc) is 2.77. The number of thiophene rings is 1. The number of rotatable bonds is 7. The molecule has 0 atom stereocenters. The molecule has 0 fully saturated rings. The molecule has 5 nitrogen and oxygen atoms in total. The van der Waals surface area contributed by atoms with E-state index in [9.17, 15) is 4.79 Å². The molecule has 1 heterocycles. The fraction of sp³-hybridized carbons (Fsp3) is 0.600. The molecular formula is C15H25N3O2S2. The van der Waals surface area contributed by atoms with E-state index in [1.807, 2.05) is 27.9 Å². The number of anilines is 1. The van der Waals surface area contributed by atoms with Crippen molar-refractivity contribution in [3.05, 3.63) is 16.0 Å². The molecule has 0 aliphatic rings. The largest absolute Gasteiger partial charge is 0.465 e. The van der Waals surface area contributed by atoms with E-state index in [1.54, 1.807) is 0 Å². The molecule has 1 rings (SSSR count). The van der Waals surface area contributed by atoms with Gasteiger partial charge in [-0.1, -0.05) is 6.92 Å². The monoisotopic (exact) mass is 343 g/mol. The number of ether oxygens (including phenoxy) is 1. The van der Waals surface area contributed by atoms with Crippen LogP contribution in [0.15, 0.2) is 0 Å². The van der Waals surface area contributed by atoms with Crippen LogP contribution < -0.4 is 10.6 Å². The van der Waals surface area contributed by atoms with Gasteiger partial charge in [-0.15, -0.1) is 11.3 Å². The van der Waals surface area contributed by atoms with Gasteiger partial charge in [0.15, 0.2) is 5.11 Å². The van der Waals surface area contributed by atoms with Crippen molar-refractivity contribution in [3.63, 3.8) is 0 Å². The predicted molar refractivity (Wildman–Crippen MR) is 97.2 cm³/mol. The quantitative estimate of drug-likeness (QED) is 0.451. The minimum atomic E-state index is -0.320. The topological polar surface area (TPSA) is 53.6 Å². The van der Waals surface area contributed by atoms with Gasteiger partial charge in [0.1, 0.15) is 5.00 Å². The Hall–Kier alpha value is -1.18. The van der Waals surface area contributed by atoms with E-state index in [0.717, 1.165) is 41.4 Å². The average molecular weight is 344 g/mol. The highest BCUT2D eigenvalue weighted by molar-refractivity contribution is 7.80. The van der Waals surface area contributed by atoms with Gasteiger partial charge in [-0.25, -0.2) is 4.79 Å². The Morgan fingerprint density at radius 2 is 2.09 bits per heavy atom. The van der Waals surface area contributed by atoms with Gasteiger partial charge in [-0.05, 0) is 58.2 Å². The maximum atomic E-state index is 12.0. The van der Waals surface area contributed by atoms with Crippen molar-refractivity contribution in [1.82, 2.24) is 10.2 Å². The van der Waals surface area contributed by atoms with Gasteiger partial charge < -0.3 is 20.3 Å². The number of carbonyl (C=O) groups is 1. The lowest BCUT2D eigenvalue weighted by atomic mass is 10.1. The Morgan fingerprint density at radius 1 is 1.41 bits per heavy atom. The molecule has 0 radical (unpaired) electrons. The Kier molecular flexibility index (Phi) is 7.78. The van der Waals surface area contributed by atoms with Crippen LogP contribution in [-0.4, -0.2) is 50.3 Å². The summed E-state index contributed by atoms with van der Waals surface area (Å²) in [4.78, 5) is 15.3. The molecule has 0 saturated heterocycles. The lowest BCUT2D eigenvalue weighted by molar-refractivity contribution is 0.0601. The summed E-state index contributed by atoms with van der Waals surface area (Å²) in [6.07, 6.45) is 1.79. The first-order chi connectivity index (χ1) is 10.4. The number of nitrogens with zero attached hydrogens (tertiary/aromatic N) is 1. The molecule has 1 aromatic rings. The highest BCUT2D eigenvalue weighted by Crippen LogP contribution is 2.33. The summed E-state index contributed by atoms with van der Waals surface area (Å²) in [5.74, 6) is -0.320. The molecule has 0 unspecified atom stereocenters. The highest BCUT2D eigenvalue weighted by Gasteiger charge is 2.22. The SMILES string of the molecule is CCc1c(C)sc(NC(=S)NCCCN(C)C)c1C(=O)OC. The highest BCUT2D eigenvalue weighted by atomic mass is 32.1. The van der Waals surface area contributed by atoms with Crippen LogP contribution in [0.4, 0.5) is 5.00 Å². The lowest BCUT2D eigenvalue weighted by Gasteiger charge is -2.12. The molecular weight excluding hydrogens is 318 g/mol. The Bertz CT molecular complexity index is 527. The zero-order valence-electron chi connectivity index (χ0n) is 13.9. The van der Waals surface area contributed by atoms with E-state index < -0.39 is 0 Å². The summed E-state index contributed by atoms with van der Waals surface area (Å²) in [5, 5.41) is 7.59. The maximum Gasteiger partial charge on any atom is 0.341 e. The summed E-state index contributed by atoms with van der Waals surface area (Å²) in [6.45, 7) is 5.83. The van der Waals surface area contributed by atoms with Crippen LogP contribution in [-0.2, 0) is 11.2 Å². The molecule has 0 aromatic carbocycles. The summed E-state index contributed by atoms with van der Waals surface area (Å²) in [7, 11) is 5.48. The number of hydrogen-bond acceptors (Lipinski definition) is 5. The van der Waals surface area contributed by atoms with Crippen molar-refractivity contribution in [3.8, 4) is 0 Å². The molecule has 22 heavy (non-hydrogen) atoms. The number of thiocarbonyl (C=S) groups is 1. The summed E-state index contributed by atoms with van der Waals surface area (Å²) in [6, 6.07) is 0. The smallest absolute Gasteiger partial charge is 0.341 e. The van der Waals surface area contributed by atoms with E-state index in [-0.39, 0.29) is 5.97 Å². The summed E-state index contributed by atoms with van der Waals surface area (Å²) >= 11 is 6.84.